The summed E-state index contributed by atoms with van der Waals surface area (Å²) in [5.41, 5.74) is 2.65. The molecule has 2 nitrogen and oxygen atoms in total. The van der Waals surface area contributed by atoms with E-state index in [0.717, 1.165) is 31.9 Å². The molecule has 0 spiro atoms. The molecule has 2 rings (SSSR count). The van der Waals surface area contributed by atoms with Gasteiger partial charge in [-0.3, -0.25) is 0 Å². The molecule has 3 heteroatoms. The van der Waals surface area contributed by atoms with E-state index in [1.54, 1.807) is 0 Å². The Balaban J connectivity index is 0.00000112. The van der Waals surface area contributed by atoms with Crippen LogP contribution in [0.3, 0.4) is 0 Å². The van der Waals surface area contributed by atoms with Crippen LogP contribution < -0.4 is 10.1 Å². The Morgan fingerprint density at radius 1 is 1.40 bits per heavy atom. The van der Waals surface area contributed by atoms with Crippen LogP contribution in [0, 0.1) is 0 Å². The van der Waals surface area contributed by atoms with Crippen molar-refractivity contribution in [2.24, 2.45) is 0 Å². The van der Waals surface area contributed by atoms with Crippen molar-refractivity contribution in [3.8, 4) is 5.75 Å². The summed E-state index contributed by atoms with van der Waals surface area (Å²) in [5, 5.41) is 3.35. The zero-order valence-corrected chi connectivity index (χ0v) is 9.90. The van der Waals surface area contributed by atoms with E-state index >= 15 is 0 Å². The number of benzene rings is 1. The predicted molar refractivity (Wildman–Crippen MR) is 64.9 cm³/mol. The fourth-order valence-electron chi connectivity index (χ4n) is 1.88. The maximum absolute atomic E-state index is 5.77. The fourth-order valence-corrected chi connectivity index (χ4v) is 1.88. The molecule has 15 heavy (non-hydrogen) atoms. The lowest BCUT2D eigenvalue weighted by Gasteiger charge is -2.11. The smallest absolute Gasteiger partial charge is 0.127 e. The molecule has 0 radical (unpaired) electrons. The number of hydrogen-bond acceptors (Lipinski definition) is 2. The Morgan fingerprint density at radius 2 is 2.27 bits per heavy atom. The Morgan fingerprint density at radius 3 is 3.07 bits per heavy atom. The van der Waals surface area contributed by atoms with E-state index in [-0.39, 0.29) is 12.4 Å². The number of nitrogens with one attached hydrogen (secondary N) is 1. The molecule has 1 aromatic carbocycles. The molecule has 1 aromatic rings. The van der Waals surface area contributed by atoms with Crippen LogP contribution >= 0.6 is 12.4 Å². The van der Waals surface area contributed by atoms with Gasteiger partial charge in [0, 0.05) is 18.7 Å². The summed E-state index contributed by atoms with van der Waals surface area (Å²) in [6, 6.07) is 6.45. The highest BCUT2D eigenvalue weighted by Crippen LogP contribution is 2.26. The van der Waals surface area contributed by atoms with Gasteiger partial charge in [-0.05, 0) is 12.0 Å². The van der Waals surface area contributed by atoms with Crippen molar-refractivity contribution in [3.05, 3.63) is 29.3 Å². The van der Waals surface area contributed by atoms with Gasteiger partial charge >= 0.3 is 0 Å². The van der Waals surface area contributed by atoms with Crippen molar-refractivity contribution in [1.29, 1.82) is 0 Å². The maximum atomic E-state index is 5.77. The molecule has 0 aromatic heterocycles. The summed E-state index contributed by atoms with van der Waals surface area (Å²) in [5.74, 6) is 1.12. The standard InChI is InChI=1S/C12H17NO.ClH/c1-2-4-10-5-3-6-11-9-13-7-8-14-12(10)11;/h3,5-6,13H,2,4,7-9H2,1H3;1H. The summed E-state index contributed by atoms with van der Waals surface area (Å²) in [4.78, 5) is 0. The van der Waals surface area contributed by atoms with Crippen LogP contribution in [0.2, 0.25) is 0 Å². The molecule has 0 fully saturated rings. The predicted octanol–water partition coefficient (Wildman–Crippen LogP) is 2.54. The molecule has 1 heterocycles. The zero-order chi connectivity index (χ0) is 9.80. The van der Waals surface area contributed by atoms with E-state index < -0.39 is 0 Å². The minimum atomic E-state index is 0. The molecule has 0 aliphatic carbocycles. The second-order valence-electron chi connectivity index (χ2n) is 3.68. The minimum Gasteiger partial charge on any atom is -0.492 e. The summed E-state index contributed by atoms with van der Waals surface area (Å²) in [7, 11) is 0. The van der Waals surface area contributed by atoms with Crippen molar-refractivity contribution in [1.82, 2.24) is 5.32 Å². The van der Waals surface area contributed by atoms with Gasteiger partial charge in [-0.15, -0.1) is 12.4 Å². The fraction of sp³-hybridized carbons (Fsp3) is 0.500. The van der Waals surface area contributed by atoms with Crippen LogP contribution in [0.15, 0.2) is 18.2 Å². The molecule has 1 aliphatic heterocycles. The normalized spacial score (nSPS) is 14.5. The number of hydrogen-bond donors (Lipinski definition) is 1. The largest absolute Gasteiger partial charge is 0.492 e. The average Bonchev–Trinajstić information content (AvgIpc) is 2.44. The SMILES string of the molecule is CCCc1cccc2c1OCCNC2.Cl. The Hall–Kier alpha value is -0.730. The zero-order valence-electron chi connectivity index (χ0n) is 9.08. The first kappa shape index (κ1) is 12.3. The summed E-state index contributed by atoms with van der Waals surface area (Å²) >= 11 is 0. The van der Waals surface area contributed by atoms with Crippen LogP contribution in [0.4, 0.5) is 0 Å². The number of rotatable bonds is 2. The highest BCUT2D eigenvalue weighted by Gasteiger charge is 2.11. The Labute approximate surface area is 97.4 Å². The van der Waals surface area contributed by atoms with E-state index in [2.05, 4.69) is 30.4 Å². The lowest BCUT2D eigenvalue weighted by Crippen LogP contribution is -2.16. The van der Waals surface area contributed by atoms with E-state index in [1.807, 2.05) is 0 Å². The van der Waals surface area contributed by atoms with E-state index in [9.17, 15) is 0 Å². The third kappa shape index (κ3) is 2.86. The van der Waals surface area contributed by atoms with Crippen molar-refractivity contribution in [2.75, 3.05) is 13.2 Å². The third-order valence-corrected chi connectivity index (χ3v) is 2.54. The van der Waals surface area contributed by atoms with Crippen molar-refractivity contribution in [2.45, 2.75) is 26.3 Å². The van der Waals surface area contributed by atoms with Crippen LogP contribution in [0.25, 0.3) is 0 Å². The van der Waals surface area contributed by atoms with Gasteiger partial charge in [0.05, 0.1) is 0 Å². The van der Waals surface area contributed by atoms with Crippen molar-refractivity contribution >= 4 is 12.4 Å². The molecule has 0 atom stereocenters. The van der Waals surface area contributed by atoms with Crippen molar-refractivity contribution in [3.63, 3.8) is 0 Å². The van der Waals surface area contributed by atoms with E-state index in [1.165, 1.54) is 17.5 Å². The van der Waals surface area contributed by atoms with Crippen LogP contribution in [0.5, 0.6) is 5.75 Å². The number of para-hydroxylation sites is 1. The molecular formula is C12H18ClNO. The first-order chi connectivity index (χ1) is 6.92. The number of aryl methyl sites for hydroxylation is 1. The van der Waals surface area contributed by atoms with Gasteiger partial charge in [0.2, 0.25) is 0 Å². The first-order valence-corrected chi connectivity index (χ1v) is 5.36. The molecule has 0 saturated heterocycles. The van der Waals surface area contributed by atoms with Gasteiger partial charge in [0.15, 0.2) is 0 Å². The molecule has 84 valence electrons. The molecular weight excluding hydrogens is 210 g/mol. The summed E-state index contributed by atoms with van der Waals surface area (Å²) in [6.07, 6.45) is 2.29. The lowest BCUT2D eigenvalue weighted by atomic mass is 10.0. The van der Waals surface area contributed by atoms with Gasteiger partial charge in [0.1, 0.15) is 12.4 Å². The van der Waals surface area contributed by atoms with Crippen LogP contribution in [-0.2, 0) is 13.0 Å². The number of fused-ring (bicyclic) bond motifs is 1. The van der Waals surface area contributed by atoms with E-state index in [0.29, 0.717) is 0 Å². The number of ether oxygens (including phenoxy) is 1. The highest BCUT2D eigenvalue weighted by atomic mass is 35.5. The summed E-state index contributed by atoms with van der Waals surface area (Å²) in [6.45, 7) is 4.87. The molecule has 0 saturated carbocycles. The Kier molecular flexibility index (Phi) is 4.92. The number of halogens is 1. The molecule has 0 bridgehead atoms. The average molecular weight is 228 g/mol. The second kappa shape index (κ2) is 5.99. The second-order valence-corrected chi connectivity index (χ2v) is 3.68. The van der Waals surface area contributed by atoms with Gasteiger partial charge < -0.3 is 10.1 Å². The minimum absolute atomic E-state index is 0. The van der Waals surface area contributed by atoms with Crippen LogP contribution in [0.1, 0.15) is 24.5 Å². The molecule has 0 unspecified atom stereocenters. The highest BCUT2D eigenvalue weighted by molar-refractivity contribution is 5.85. The molecule has 0 amide bonds. The molecule has 1 N–H and O–H groups in total. The van der Waals surface area contributed by atoms with Crippen molar-refractivity contribution < 1.29 is 4.74 Å². The summed E-state index contributed by atoms with van der Waals surface area (Å²) < 4.78 is 5.77. The monoisotopic (exact) mass is 227 g/mol. The quantitative estimate of drug-likeness (QED) is 0.839. The Bertz CT molecular complexity index is 314. The van der Waals surface area contributed by atoms with Gasteiger partial charge in [-0.25, -0.2) is 0 Å². The first-order valence-electron chi connectivity index (χ1n) is 5.36. The third-order valence-electron chi connectivity index (χ3n) is 2.54. The lowest BCUT2D eigenvalue weighted by molar-refractivity contribution is 0.322. The maximum Gasteiger partial charge on any atom is 0.127 e. The van der Waals surface area contributed by atoms with Gasteiger partial charge in [-0.1, -0.05) is 31.5 Å². The van der Waals surface area contributed by atoms with Gasteiger partial charge in [0.25, 0.3) is 0 Å². The van der Waals surface area contributed by atoms with Gasteiger partial charge in [-0.2, -0.15) is 0 Å². The topological polar surface area (TPSA) is 21.3 Å². The van der Waals surface area contributed by atoms with Crippen LogP contribution in [-0.4, -0.2) is 13.2 Å². The molecule has 1 aliphatic rings. The van der Waals surface area contributed by atoms with E-state index in [4.69, 9.17) is 4.74 Å².